The smallest absolute Gasteiger partial charge is 0.203 e. The van der Waals surface area contributed by atoms with Crippen molar-refractivity contribution in [2.75, 3.05) is 27.4 Å². The number of unbranched alkanes of at least 4 members (excludes halogenated alkanes) is 2. The second-order valence-corrected chi connectivity index (χ2v) is 4.33. The van der Waals surface area contributed by atoms with Crippen molar-refractivity contribution < 1.29 is 14.2 Å². The van der Waals surface area contributed by atoms with E-state index in [1.54, 1.807) is 14.2 Å². The molecule has 2 N–H and O–H groups in total. The van der Waals surface area contributed by atoms with Crippen LogP contribution in [0.25, 0.3) is 0 Å². The molecule has 1 aromatic rings. The summed E-state index contributed by atoms with van der Waals surface area (Å²) in [4.78, 5) is 0. The number of hydrogen-bond donors (Lipinski definition) is 1. The first-order valence-corrected chi connectivity index (χ1v) is 6.71. The quantitative estimate of drug-likeness (QED) is 0.701. The third-order valence-electron chi connectivity index (χ3n) is 2.88. The fourth-order valence-electron chi connectivity index (χ4n) is 1.87. The zero-order chi connectivity index (χ0) is 14.8. The first-order valence-electron chi connectivity index (χ1n) is 6.71. The van der Waals surface area contributed by atoms with Crippen LogP contribution < -0.4 is 19.9 Å². The van der Waals surface area contributed by atoms with Gasteiger partial charge in [-0.2, -0.15) is 5.26 Å². The minimum Gasteiger partial charge on any atom is -0.493 e. The molecule has 110 valence electrons. The molecule has 0 aliphatic carbocycles. The van der Waals surface area contributed by atoms with Gasteiger partial charge < -0.3 is 19.9 Å². The fourth-order valence-corrected chi connectivity index (χ4v) is 1.87. The molecule has 0 bridgehead atoms. The third-order valence-corrected chi connectivity index (χ3v) is 2.88. The summed E-state index contributed by atoms with van der Waals surface area (Å²) in [7, 11) is 3.20. The fraction of sp³-hybridized carbons (Fsp3) is 0.533. The molecule has 0 unspecified atom stereocenters. The predicted octanol–water partition coefficient (Wildman–Crippen LogP) is 2.28. The van der Waals surface area contributed by atoms with Crippen molar-refractivity contribution >= 4 is 0 Å². The molecule has 20 heavy (non-hydrogen) atoms. The Balaban J connectivity index is 2.79. The lowest BCUT2D eigenvalue weighted by molar-refractivity contribution is 0.268. The molecule has 5 heteroatoms. The van der Waals surface area contributed by atoms with Gasteiger partial charge in [-0.15, -0.1) is 0 Å². The van der Waals surface area contributed by atoms with Gasteiger partial charge in [-0.05, 0) is 43.5 Å². The van der Waals surface area contributed by atoms with Gasteiger partial charge in [0.25, 0.3) is 0 Å². The molecule has 0 spiro atoms. The Morgan fingerprint density at radius 3 is 2.30 bits per heavy atom. The van der Waals surface area contributed by atoms with Crippen LogP contribution in [0.3, 0.4) is 0 Å². The van der Waals surface area contributed by atoms with Crippen LogP contribution in [-0.2, 0) is 6.42 Å². The lowest BCUT2D eigenvalue weighted by Crippen LogP contribution is -2.05. The second kappa shape index (κ2) is 9.05. The number of nitrogens with two attached hydrogens (primary N) is 1. The Kier molecular flexibility index (Phi) is 7.30. The van der Waals surface area contributed by atoms with E-state index in [0.717, 1.165) is 24.8 Å². The van der Waals surface area contributed by atoms with E-state index in [1.807, 2.05) is 12.1 Å². The summed E-state index contributed by atoms with van der Waals surface area (Å²) >= 11 is 0. The molecule has 0 radical (unpaired) electrons. The van der Waals surface area contributed by atoms with Gasteiger partial charge in [0.1, 0.15) is 0 Å². The third kappa shape index (κ3) is 4.63. The average Bonchev–Trinajstić information content (AvgIpc) is 2.47. The van der Waals surface area contributed by atoms with E-state index in [0.29, 0.717) is 36.8 Å². The van der Waals surface area contributed by atoms with Crippen LogP contribution in [-0.4, -0.2) is 27.4 Å². The normalized spacial score (nSPS) is 9.90. The van der Waals surface area contributed by atoms with Crippen LogP contribution in [0.2, 0.25) is 0 Å². The molecule has 0 fully saturated rings. The first kappa shape index (κ1) is 16.1. The summed E-state index contributed by atoms with van der Waals surface area (Å²) in [6.45, 7) is 1.10. The molecule has 5 nitrogen and oxygen atoms in total. The van der Waals surface area contributed by atoms with Gasteiger partial charge in [0.2, 0.25) is 5.75 Å². The maximum Gasteiger partial charge on any atom is 0.203 e. The standard InChI is InChI=1S/C15H22N2O3/c1-18-13-10-12(6-8-17)11-14(19-2)15(13)20-9-5-3-4-7-16/h10-11H,3-6,8-9,17H2,1-2H3. The molecule has 0 amide bonds. The minimum atomic E-state index is 0.532. The van der Waals surface area contributed by atoms with Crippen molar-refractivity contribution in [3.63, 3.8) is 0 Å². The van der Waals surface area contributed by atoms with Gasteiger partial charge in [0.15, 0.2) is 11.5 Å². The molecular formula is C15H22N2O3. The highest BCUT2D eigenvalue weighted by Crippen LogP contribution is 2.38. The molecule has 0 aliphatic rings. The van der Waals surface area contributed by atoms with Crippen molar-refractivity contribution in [3.05, 3.63) is 17.7 Å². The molecule has 0 heterocycles. The van der Waals surface area contributed by atoms with Crippen LogP contribution in [0.5, 0.6) is 17.2 Å². The van der Waals surface area contributed by atoms with Crippen molar-refractivity contribution in [1.29, 1.82) is 5.26 Å². The Morgan fingerprint density at radius 2 is 1.80 bits per heavy atom. The molecule has 0 saturated carbocycles. The highest BCUT2D eigenvalue weighted by Gasteiger charge is 2.13. The Bertz CT molecular complexity index is 430. The topological polar surface area (TPSA) is 77.5 Å². The maximum absolute atomic E-state index is 8.49. The van der Waals surface area contributed by atoms with Gasteiger partial charge in [0.05, 0.1) is 26.9 Å². The molecular weight excluding hydrogens is 256 g/mol. The summed E-state index contributed by atoms with van der Waals surface area (Å²) in [5, 5.41) is 8.49. The highest BCUT2D eigenvalue weighted by molar-refractivity contribution is 5.54. The van der Waals surface area contributed by atoms with Gasteiger partial charge in [-0.1, -0.05) is 0 Å². The minimum absolute atomic E-state index is 0.532. The van der Waals surface area contributed by atoms with Crippen LogP contribution in [0.15, 0.2) is 12.1 Å². The summed E-state index contributed by atoms with van der Waals surface area (Å²) in [5.41, 5.74) is 6.62. The van der Waals surface area contributed by atoms with Crippen LogP contribution >= 0.6 is 0 Å². The van der Waals surface area contributed by atoms with Crippen LogP contribution in [0.4, 0.5) is 0 Å². The van der Waals surface area contributed by atoms with Gasteiger partial charge in [-0.3, -0.25) is 0 Å². The SMILES string of the molecule is COc1cc(CCN)cc(OC)c1OCCCCC#N. The highest BCUT2D eigenvalue weighted by atomic mass is 16.5. The summed E-state index contributed by atoms with van der Waals surface area (Å²) in [6.07, 6.45) is 2.96. The molecule has 0 aliphatic heterocycles. The first-order chi connectivity index (χ1) is 9.76. The molecule has 0 atom stereocenters. The van der Waals surface area contributed by atoms with Crippen molar-refractivity contribution in [1.82, 2.24) is 0 Å². The largest absolute Gasteiger partial charge is 0.493 e. The van der Waals surface area contributed by atoms with E-state index < -0.39 is 0 Å². The molecule has 0 saturated heterocycles. The summed E-state index contributed by atoms with van der Waals surface area (Å²) < 4.78 is 16.4. The number of rotatable bonds is 9. The molecule has 1 rings (SSSR count). The van der Waals surface area contributed by atoms with E-state index in [-0.39, 0.29) is 0 Å². The van der Waals surface area contributed by atoms with E-state index in [9.17, 15) is 0 Å². The summed E-state index contributed by atoms with van der Waals surface area (Å²) in [5.74, 6) is 1.90. The van der Waals surface area contributed by atoms with Crippen molar-refractivity contribution in [2.24, 2.45) is 5.73 Å². The van der Waals surface area contributed by atoms with E-state index in [1.165, 1.54) is 0 Å². The summed E-state index contributed by atoms with van der Waals surface area (Å²) in [6, 6.07) is 5.95. The van der Waals surface area contributed by atoms with E-state index in [4.69, 9.17) is 25.2 Å². The zero-order valence-electron chi connectivity index (χ0n) is 12.1. The van der Waals surface area contributed by atoms with Gasteiger partial charge >= 0.3 is 0 Å². The second-order valence-electron chi connectivity index (χ2n) is 4.33. The Morgan fingerprint density at radius 1 is 1.15 bits per heavy atom. The Hall–Kier alpha value is -1.93. The van der Waals surface area contributed by atoms with Gasteiger partial charge in [0, 0.05) is 6.42 Å². The number of benzene rings is 1. The monoisotopic (exact) mass is 278 g/mol. The van der Waals surface area contributed by atoms with Crippen LogP contribution in [0, 0.1) is 11.3 Å². The number of nitrogens with zero attached hydrogens (tertiary/aromatic N) is 1. The Labute approximate surface area is 120 Å². The van der Waals surface area contributed by atoms with Crippen LogP contribution in [0.1, 0.15) is 24.8 Å². The van der Waals surface area contributed by atoms with E-state index >= 15 is 0 Å². The van der Waals surface area contributed by atoms with Crippen molar-refractivity contribution in [3.8, 4) is 23.3 Å². The van der Waals surface area contributed by atoms with E-state index in [2.05, 4.69) is 6.07 Å². The predicted molar refractivity (Wildman–Crippen MR) is 77.3 cm³/mol. The number of methoxy groups -OCH3 is 2. The number of nitriles is 1. The average molecular weight is 278 g/mol. The zero-order valence-corrected chi connectivity index (χ0v) is 12.1. The van der Waals surface area contributed by atoms with Crippen molar-refractivity contribution in [2.45, 2.75) is 25.7 Å². The molecule has 1 aromatic carbocycles. The lowest BCUT2D eigenvalue weighted by atomic mass is 10.1. The number of hydrogen-bond acceptors (Lipinski definition) is 5. The maximum atomic E-state index is 8.49. The van der Waals surface area contributed by atoms with Gasteiger partial charge in [-0.25, -0.2) is 0 Å². The lowest BCUT2D eigenvalue weighted by Gasteiger charge is -2.16. The molecule has 0 aromatic heterocycles. The number of ether oxygens (including phenoxy) is 3.